The summed E-state index contributed by atoms with van der Waals surface area (Å²) in [5.41, 5.74) is 5.57. The zero-order chi connectivity index (χ0) is 10.1. The van der Waals surface area contributed by atoms with Crippen molar-refractivity contribution in [1.82, 2.24) is 5.32 Å². The van der Waals surface area contributed by atoms with Crippen LogP contribution in [0.1, 0.15) is 22.3 Å². The topological polar surface area (TPSA) is 32.3 Å². The number of rotatable bonds is 1. The molecule has 1 aliphatic rings. The van der Waals surface area contributed by atoms with Crippen molar-refractivity contribution in [3.05, 3.63) is 34.4 Å². The average Bonchev–Trinajstić information content (AvgIpc) is 2.23. The first kappa shape index (κ1) is 9.69. The van der Waals surface area contributed by atoms with Crippen molar-refractivity contribution in [3.8, 4) is 0 Å². The van der Waals surface area contributed by atoms with Gasteiger partial charge in [-0.1, -0.05) is 12.1 Å². The Bertz CT molecular complexity index is 346. The van der Waals surface area contributed by atoms with Crippen LogP contribution in [0.15, 0.2) is 12.1 Å². The Hall–Kier alpha value is -0.860. The molecule has 1 aromatic carbocycles. The van der Waals surface area contributed by atoms with Crippen LogP contribution < -0.4 is 5.32 Å². The van der Waals surface area contributed by atoms with E-state index < -0.39 is 0 Å². The predicted octanol–water partition coefficient (Wildman–Crippen LogP) is 1.31. The van der Waals surface area contributed by atoms with Crippen LogP contribution in [0.4, 0.5) is 0 Å². The third-order valence-electron chi connectivity index (χ3n) is 3.14. The van der Waals surface area contributed by atoms with Gasteiger partial charge in [0.25, 0.3) is 0 Å². The molecule has 2 nitrogen and oxygen atoms in total. The molecule has 1 aromatic rings. The van der Waals surface area contributed by atoms with Crippen LogP contribution in [0.25, 0.3) is 0 Å². The molecule has 0 aromatic heterocycles. The standard InChI is InChI=1S/C12H17NO/c1-8-3-4-9(2)12-6-13-10(7-14)5-11(8)12/h3-4,10,13-14H,5-7H2,1-2H3. The van der Waals surface area contributed by atoms with E-state index in [1.165, 1.54) is 22.3 Å². The Labute approximate surface area is 85.0 Å². The highest BCUT2D eigenvalue weighted by molar-refractivity contribution is 5.41. The smallest absolute Gasteiger partial charge is 0.0587 e. The first-order valence-electron chi connectivity index (χ1n) is 5.14. The summed E-state index contributed by atoms with van der Waals surface area (Å²) in [5.74, 6) is 0. The van der Waals surface area contributed by atoms with E-state index in [0.717, 1.165) is 13.0 Å². The summed E-state index contributed by atoms with van der Waals surface area (Å²) in [4.78, 5) is 0. The van der Waals surface area contributed by atoms with Crippen molar-refractivity contribution < 1.29 is 5.11 Å². The molecule has 0 radical (unpaired) electrons. The van der Waals surface area contributed by atoms with Gasteiger partial charge < -0.3 is 10.4 Å². The van der Waals surface area contributed by atoms with Crippen molar-refractivity contribution in [3.63, 3.8) is 0 Å². The van der Waals surface area contributed by atoms with Crippen LogP contribution in [-0.2, 0) is 13.0 Å². The molecule has 0 spiro atoms. The molecule has 0 amide bonds. The van der Waals surface area contributed by atoms with E-state index in [0.29, 0.717) is 0 Å². The molecule has 2 heteroatoms. The molecule has 0 saturated heterocycles. The van der Waals surface area contributed by atoms with Gasteiger partial charge in [-0.2, -0.15) is 0 Å². The summed E-state index contributed by atoms with van der Waals surface area (Å²) in [5, 5.41) is 12.5. The monoisotopic (exact) mass is 191 g/mol. The Balaban J connectivity index is 2.40. The van der Waals surface area contributed by atoms with E-state index in [1.54, 1.807) is 0 Å². The van der Waals surface area contributed by atoms with E-state index in [2.05, 4.69) is 31.3 Å². The minimum Gasteiger partial charge on any atom is -0.395 e. The summed E-state index contributed by atoms with van der Waals surface area (Å²) in [6.45, 7) is 5.43. The zero-order valence-corrected chi connectivity index (χ0v) is 8.80. The van der Waals surface area contributed by atoms with Crippen molar-refractivity contribution in [2.24, 2.45) is 0 Å². The fourth-order valence-electron chi connectivity index (χ4n) is 2.15. The largest absolute Gasteiger partial charge is 0.395 e. The van der Waals surface area contributed by atoms with Gasteiger partial charge in [-0.3, -0.25) is 0 Å². The van der Waals surface area contributed by atoms with Crippen LogP contribution in [-0.4, -0.2) is 17.8 Å². The maximum absolute atomic E-state index is 9.11. The van der Waals surface area contributed by atoms with E-state index in [-0.39, 0.29) is 12.6 Å². The van der Waals surface area contributed by atoms with Gasteiger partial charge in [0.15, 0.2) is 0 Å². The second-order valence-electron chi connectivity index (χ2n) is 4.12. The van der Waals surface area contributed by atoms with Crippen LogP contribution in [0, 0.1) is 13.8 Å². The van der Waals surface area contributed by atoms with E-state index in [4.69, 9.17) is 5.11 Å². The summed E-state index contributed by atoms with van der Waals surface area (Å²) >= 11 is 0. The highest BCUT2D eigenvalue weighted by Crippen LogP contribution is 2.23. The molecular formula is C12H17NO. The first-order chi connectivity index (χ1) is 6.72. The molecule has 0 fully saturated rings. The summed E-state index contributed by atoms with van der Waals surface area (Å²) < 4.78 is 0. The lowest BCUT2D eigenvalue weighted by Crippen LogP contribution is -2.38. The van der Waals surface area contributed by atoms with Gasteiger partial charge in [0, 0.05) is 12.6 Å². The third-order valence-corrected chi connectivity index (χ3v) is 3.14. The van der Waals surface area contributed by atoms with Crippen LogP contribution in [0.5, 0.6) is 0 Å². The van der Waals surface area contributed by atoms with Gasteiger partial charge in [-0.15, -0.1) is 0 Å². The number of hydrogen-bond acceptors (Lipinski definition) is 2. The second-order valence-corrected chi connectivity index (χ2v) is 4.12. The van der Waals surface area contributed by atoms with Gasteiger partial charge >= 0.3 is 0 Å². The normalized spacial score (nSPS) is 20.6. The molecule has 0 saturated carbocycles. The van der Waals surface area contributed by atoms with Gasteiger partial charge in [0.1, 0.15) is 0 Å². The van der Waals surface area contributed by atoms with Gasteiger partial charge in [-0.05, 0) is 42.5 Å². The number of aliphatic hydroxyl groups excluding tert-OH is 1. The molecule has 1 unspecified atom stereocenters. The number of fused-ring (bicyclic) bond motifs is 1. The second kappa shape index (κ2) is 3.71. The van der Waals surface area contributed by atoms with E-state index >= 15 is 0 Å². The zero-order valence-electron chi connectivity index (χ0n) is 8.80. The fourth-order valence-corrected chi connectivity index (χ4v) is 2.15. The highest BCUT2D eigenvalue weighted by atomic mass is 16.3. The van der Waals surface area contributed by atoms with Crippen molar-refractivity contribution in [1.29, 1.82) is 0 Å². The number of nitrogens with one attached hydrogen (secondary N) is 1. The predicted molar refractivity (Wildman–Crippen MR) is 57.3 cm³/mol. The summed E-state index contributed by atoms with van der Waals surface area (Å²) in [7, 11) is 0. The Morgan fingerprint density at radius 3 is 2.57 bits per heavy atom. The van der Waals surface area contributed by atoms with Gasteiger partial charge in [0.05, 0.1) is 6.61 Å². The Morgan fingerprint density at radius 1 is 1.29 bits per heavy atom. The minimum atomic E-state index is 0.229. The molecule has 2 rings (SSSR count). The molecule has 14 heavy (non-hydrogen) atoms. The maximum Gasteiger partial charge on any atom is 0.0587 e. The molecule has 76 valence electrons. The Morgan fingerprint density at radius 2 is 1.93 bits per heavy atom. The van der Waals surface area contributed by atoms with Crippen molar-refractivity contribution in [2.45, 2.75) is 32.9 Å². The molecule has 1 heterocycles. The minimum absolute atomic E-state index is 0.229. The fraction of sp³-hybridized carbons (Fsp3) is 0.500. The lowest BCUT2D eigenvalue weighted by Gasteiger charge is -2.27. The number of aryl methyl sites for hydroxylation is 2. The third kappa shape index (κ3) is 1.56. The highest BCUT2D eigenvalue weighted by Gasteiger charge is 2.19. The van der Waals surface area contributed by atoms with Crippen LogP contribution in [0.3, 0.4) is 0 Å². The SMILES string of the molecule is Cc1ccc(C)c2c1CNC(CO)C2. The summed E-state index contributed by atoms with van der Waals surface area (Å²) in [6, 6.07) is 4.59. The van der Waals surface area contributed by atoms with Crippen molar-refractivity contribution in [2.75, 3.05) is 6.61 Å². The molecule has 2 N–H and O–H groups in total. The Kier molecular flexibility index (Phi) is 2.57. The van der Waals surface area contributed by atoms with Crippen LogP contribution >= 0.6 is 0 Å². The number of aliphatic hydroxyl groups is 1. The van der Waals surface area contributed by atoms with Gasteiger partial charge in [0.2, 0.25) is 0 Å². The maximum atomic E-state index is 9.11. The average molecular weight is 191 g/mol. The van der Waals surface area contributed by atoms with Crippen LogP contribution in [0.2, 0.25) is 0 Å². The summed E-state index contributed by atoms with van der Waals surface area (Å²) in [6.07, 6.45) is 0.958. The van der Waals surface area contributed by atoms with E-state index in [9.17, 15) is 0 Å². The van der Waals surface area contributed by atoms with E-state index in [1.807, 2.05) is 0 Å². The lowest BCUT2D eigenvalue weighted by molar-refractivity contribution is 0.235. The molecule has 1 atom stereocenters. The molecular weight excluding hydrogens is 174 g/mol. The number of benzene rings is 1. The number of hydrogen-bond donors (Lipinski definition) is 2. The lowest BCUT2D eigenvalue weighted by atomic mass is 9.89. The molecule has 0 bridgehead atoms. The molecule has 1 aliphatic heterocycles. The molecule has 0 aliphatic carbocycles. The van der Waals surface area contributed by atoms with Gasteiger partial charge in [-0.25, -0.2) is 0 Å². The quantitative estimate of drug-likeness (QED) is 0.701. The van der Waals surface area contributed by atoms with Crippen molar-refractivity contribution >= 4 is 0 Å². The first-order valence-corrected chi connectivity index (χ1v) is 5.14.